The molecule has 1 heterocycles. The summed E-state index contributed by atoms with van der Waals surface area (Å²) in [5.74, 6) is 0.261. The Labute approximate surface area is 153 Å². The fraction of sp³-hybridized carbons (Fsp3) is 0.190. The maximum absolute atomic E-state index is 12.3. The number of carbonyl (C=O) groups is 1. The third-order valence-electron chi connectivity index (χ3n) is 4.08. The minimum Gasteiger partial charge on any atom is -0.268 e. The first-order valence-corrected chi connectivity index (χ1v) is 8.61. The zero-order valence-electron chi connectivity index (χ0n) is 15.0. The molecular formula is C21H22N4O. The average Bonchev–Trinajstić information content (AvgIpc) is 3.15. The summed E-state index contributed by atoms with van der Waals surface area (Å²) in [6, 6.07) is 17.5. The molecular weight excluding hydrogens is 324 g/mol. The summed E-state index contributed by atoms with van der Waals surface area (Å²) in [5, 5.41) is 8.23. The van der Waals surface area contributed by atoms with E-state index >= 15 is 0 Å². The van der Waals surface area contributed by atoms with Gasteiger partial charge in [-0.1, -0.05) is 50.2 Å². The molecule has 3 aromatic rings. The van der Waals surface area contributed by atoms with E-state index in [-0.39, 0.29) is 5.91 Å². The molecule has 1 aromatic heterocycles. The predicted octanol–water partition coefficient (Wildman–Crippen LogP) is 3.82. The monoisotopic (exact) mass is 346 g/mol. The quantitative estimate of drug-likeness (QED) is 0.545. The van der Waals surface area contributed by atoms with Crippen LogP contribution in [0.4, 0.5) is 0 Å². The number of nitrogens with zero attached hydrogens (tertiary/aromatic N) is 3. The lowest BCUT2D eigenvalue weighted by Gasteiger charge is -2.05. The molecule has 2 aromatic carbocycles. The van der Waals surface area contributed by atoms with Crippen LogP contribution in [0.2, 0.25) is 0 Å². The number of aromatic nitrogens is 2. The molecule has 132 valence electrons. The van der Waals surface area contributed by atoms with Gasteiger partial charge >= 0.3 is 0 Å². The fourth-order valence-corrected chi connectivity index (χ4v) is 2.59. The molecule has 0 aliphatic rings. The molecule has 3 rings (SSSR count). The average molecular weight is 346 g/mol. The van der Waals surface area contributed by atoms with Crippen molar-refractivity contribution in [3.8, 4) is 0 Å². The van der Waals surface area contributed by atoms with Gasteiger partial charge in [0.25, 0.3) is 5.91 Å². The Morgan fingerprint density at radius 1 is 1.19 bits per heavy atom. The minimum atomic E-state index is -0.234. The number of carbonyl (C=O) groups excluding carboxylic acids is 1. The maximum Gasteiger partial charge on any atom is 0.271 e. The Bertz CT molecular complexity index is 881. The Kier molecular flexibility index (Phi) is 5.59. The first kappa shape index (κ1) is 17.6. The number of hydrogen-bond donors (Lipinski definition) is 1. The first-order chi connectivity index (χ1) is 12.6. The van der Waals surface area contributed by atoms with Gasteiger partial charge in [0.05, 0.1) is 12.8 Å². The van der Waals surface area contributed by atoms with Crippen LogP contribution in [0.3, 0.4) is 0 Å². The van der Waals surface area contributed by atoms with Crippen molar-refractivity contribution in [1.29, 1.82) is 0 Å². The van der Waals surface area contributed by atoms with Crippen LogP contribution >= 0.6 is 0 Å². The molecule has 5 nitrogen and oxygen atoms in total. The van der Waals surface area contributed by atoms with Gasteiger partial charge in [-0.3, -0.25) is 9.48 Å². The van der Waals surface area contributed by atoms with Crippen molar-refractivity contribution in [2.24, 2.45) is 5.10 Å². The second kappa shape index (κ2) is 8.25. The molecule has 0 atom stereocenters. The van der Waals surface area contributed by atoms with Gasteiger partial charge in [0.15, 0.2) is 0 Å². The van der Waals surface area contributed by atoms with Crippen LogP contribution in [0.15, 0.2) is 72.1 Å². The Balaban J connectivity index is 1.61. The van der Waals surface area contributed by atoms with Crippen molar-refractivity contribution in [2.75, 3.05) is 0 Å². The van der Waals surface area contributed by atoms with Gasteiger partial charge in [-0.25, -0.2) is 5.43 Å². The van der Waals surface area contributed by atoms with E-state index in [0.717, 1.165) is 11.1 Å². The lowest BCUT2D eigenvalue weighted by molar-refractivity contribution is 0.0955. The Morgan fingerprint density at radius 2 is 2.00 bits per heavy atom. The van der Waals surface area contributed by atoms with Gasteiger partial charge in [-0.15, -0.1) is 0 Å². The van der Waals surface area contributed by atoms with Gasteiger partial charge in [0, 0.05) is 18.0 Å². The number of rotatable bonds is 6. The molecule has 0 unspecified atom stereocenters. The zero-order chi connectivity index (χ0) is 18.4. The maximum atomic E-state index is 12.3. The van der Waals surface area contributed by atoms with Crippen LogP contribution in [0.1, 0.15) is 46.8 Å². The SMILES string of the molecule is CC(C)c1ccc(/C=N\NC(=O)c2cccc(Cn3cccn3)c2)cc1. The van der Waals surface area contributed by atoms with Crippen molar-refractivity contribution >= 4 is 12.1 Å². The van der Waals surface area contributed by atoms with E-state index in [1.807, 2.05) is 47.3 Å². The lowest BCUT2D eigenvalue weighted by Crippen LogP contribution is -2.18. The highest BCUT2D eigenvalue weighted by atomic mass is 16.2. The molecule has 5 heteroatoms. The van der Waals surface area contributed by atoms with Crippen LogP contribution in [-0.2, 0) is 6.54 Å². The molecule has 0 spiro atoms. The van der Waals surface area contributed by atoms with Gasteiger partial charge < -0.3 is 0 Å². The molecule has 0 aliphatic carbocycles. The minimum absolute atomic E-state index is 0.234. The highest BCUT2D eigenvalue weighted by molar-refractivity contribution is 5.95. The van der Waals surface area contributed by atoms with E-state index in [9.17, 15) is 4.79 Å². The van der Waals surface area contributed by atoms with Crippen molar-refractivity contribution in [1.82, 2.24) is 15.2 Å². The normalized spacial score (nSPS) is 11.2. The topological polar surface area (TPSA) is 59.3 Å². The van der Waals surface area contributed by atoms with Crippen molar-refractivity contribution < 1.29 is 4.79 Å². The molecule has 0 aliphatic heterocycles. The Hall–Kier alpha value is -3.21. The third-order valence-corrected chi connectivity index (χ3v) is 4.08. The van der Waals surface area contributed by atoms with E-state index < -0.39 is 0 Å². The van der Waals surface area contributed by atoms with E-state index in [0.29, 0.717) is 18.0 Å². The number of benzene rings is 2. The van der Waals surface area contributed by atoms with Gasteiger partial charge in [0.1, 0.15) is 0 Å². The standard InChI is InChI=1S/C21H22N4O/c1-16(2)19-9-7-17(8-10-19)14-22-24-21(26)20-6-3-5-18(13-20)15-25-12-4-11-23-25/h3-14,16H,15H2,1-2H3,(H,24,26)/b22-14-. The second-order valence-electron chi connectivity index (χ2n) is 6.42. The third kappa shape index (κ3) is 4.66. The number of nitrogens with one attached hydrogen (secondary N) is 1. The largest absolute Gasteiger partial charge is 0.271 e. The number of hydrazone groups is 1. The van der Waals surface area contributed by atoms with Crippen molar-refractivity contribution in [3.05, 3.63) is 89.2 Å². The van der Waals surface area contributed by atoms with E-state index in [1.165, 1.54) is 5.56 Å². The highest BCUT2D eigenvalue weighted by Gasteiger charge is 2.05. The van der Waals surface area contributed by atoms with Crippen molar-refractivity contribution in [2.45, 2.75) is 26.3 Å². The van der Waals surface area contributed by atoms with Crippen molar-refractivity contribution in [3.63, 3.8) is 0 Å². The van der Waals surface area contributed by atoms with E-state index in [4.69, 9.17) is 0 Å². The fourth-order valence-electron chi connectivity index (χ4n) is 2.59. The summed E-state index contributed by atoms with van der Waals surface area (Å²) in [4.78, 5) is 12.3. The van der Waals surface area contributed by atoms with Crippen LogP contribution < -0.4 is 5.43 Å². The summed E-state index contributed by atoms with van der Waals surface area (Å²) in [6.45, 7) is 4.94. The zero-order valence-corrected chi connectivity index (χ0v) is 15.0. The predicted molar refractivity (Wildman–Crippen MR) is 103 cm³/mol. The van der Waals surface area contributed by atoms with E-state index in [1.54, 1.807) is 18.5 Å². The highest BCUT2D eigenvalue weighted by Crippen LogP contribution is 2.13. The summed E-state index contributed by atoms with van der Waals surface area (Å²) < 4.78 is 1.82. The molecule has 0 fully saturated rings. The lowest BCUT2D eigenvalue weighted by atomic mass is 10.0. The molecule has 0 saturated carbocycles. The van der Waals surface area contributed by atoms with Crippen LogP contribution in [0, 0.1) is 0 Å². The molecule has 1 N–H and O–H groups in total. The molecule has 0 bridgehead atoms. The summed E-state index contributed by atoms with van der Waals surface area (Å²) in [5.41, 5.74) is 6.38. The molecule has 26 heavy (non-hydrogen) atoms. The first-order valence-electron chi connectivity index (χ1n) is 8.61. The summed E-state index contributed by atoms with van der Waals surface area (Å²) >= 11 is 0. The van der Waals surface area contributed by atoms with Gasteiger partial charge in [-0.2, -0.15) is 10.2 Å². The summed E-state index contributed by atoms with van der Waals surface area (Å²) in [7, 11) is 0. The molecule has 0 saturated heterocycles. The van der Waals surface area contributed by atoms with E-state index in [2.05, 4.69) is 41.6 Å². The van der Waals surface area contributed by atoms with Crippen LogP contribution in [-0.4, -0.2) is 21.9 Å². The Morgan fingerprint density at radius 3 is 2.69 bits per heavy atom. The second-order valence-corrected chi connectivity index (χ2v) is 6.42. The van der Waals surface area contributed by atoms with Crippen LogP contribution in [0.25, 0.3) is 0 Å². The van der Waals surface area contributed by atoms with Gasteiger partial charge in [0.2, 0.25) is 0 Å². The number of hydrogen-bond acceptors (Lipinski definition) is 3. The van der Waals surface area contributed by atoms with Crippen LogP contribution in [0.5, 0.6) is 0 Å². The molecule has 1 amide bonds. The smallest absolute Gasteiger partial charge is 0.268 e. The molecule has 0 radical (unpaired) electrons. The number of amides is 1. The van der Waals surface area contributed by atoms with Gasteiger partial charge in [-0.05, 0) is 40.8 Å². The summed E-state index contributed by atoms with van der Waals surface area (Å²) in [6.07, 6.45) is 5.27.